The summed E-state index contributed by atoms with van der Waals surface area (Å²) in [6.45, 7) is 9.24. The van der Waals surface area contributed by atoms with Gasteiger partial charge in [0.15, 0.2) is 0 Å². The molecule has 0 aliphatic heterocycles. The number of urea groups is 1. The van der Waals surface area contributed by atoms with E-state index in [1.807, 2.05) is 4.72 Å². The average Bonchev–Trinajstić information content (AvgIpc) is 3.29. The van der Waals surface area contributed by atoms with Gasteiger partial charge in [-0.15, -0.1) is 13.2 Å². The Bertz CT molecular complexity index is 1310. The highest BCUT2D eigenvalue weighted by Gasteiger charge is 2.64. The van der Waals surface area contributed by atoms with Crippen LogP contribution in [0.25, 0.3) is 0 Å². The minimum absolute atomic E-state index is 0.0122. The second kappa shape index (κ2) is 12.0. The Morgan fingerprint density at radius 1 is 1.02 bits per heavy atom. The molecule has 0 heterocycles. The summed E-state index contributed by atoms with van der Waals surface area (Å²) in [5.74, 6) is 1.29. The Morgan fingerprint density at radius 3 is 2.30 bits per heavy atom. The van der Waals surface area contributed by atoms with E-state index in [9.17, 15) is 36.6 Å². The maximum atomic E-state index is 12.7. The van der Waals surface area contributed by atoms with E-state index < -0.39 is 34.3 Å². The minimum atomic E-state index is -4.90. The number of fused-ring (bicyclic) bond motifs is 5. The topological polar surface area (TPSA) is 125 Å². The zero-order chi connectivity index (χ0) is 32.2. The second-order valence-corrected chi connectivity index (χ2v) is 16.1. The highest BCUT2D eigenvalue weighted by atomic mass is 32.2. The van der Waals surface area contributed by atoms with Crippen LogP contribution < -0.4 is 14.8 Å². The predicted molar refractivity (Wildman–Crippen MR) is 158 cm³/mol. The number of carbonyl (C=O) groups excluding carboxylic acids is 1. The molecule has 4 saturated carbocycles. The van der Waals surface area contributed by atoms with Crippen molar-refractivity contribution in [1.29, 1.82) is 0 Å². The van der Waals surface area contributed by atoms with Crippen LogP contribution in [0.15, 0.2) is 29.2 Å². The van der Waals surface area contributed by atoms with Gasteiger partial charge >= 0.3 is 12.4 Å². The number of sulfonamides is 1. The Kier molecular flexibility index (Phi) is 9.05. The largest absolute Gasteiger partial charge is 0.573 e. The maximum Gasteiger partial charge on any atom is 0.573 e. The number of hydrogen-bond donors (Lipinski definition) is 4. The normalized spacial score (nSPS) is 39.4. The molecule has 1 aromatic rings. The number of hydrogen-bond acceptors (Lipinski definition) is 6. The van der Waals surface area contributed by atoms with Crippen molar-refractivity contribution in [3.05, 3.63) is 24.3 Å². The van der Waals surface area contributed by atoms with E-state index in [0.29, 0.717) is 17.8 Å². The number of carbonyl (C=O) groups is 1. The highest BCUT2D eigenvalue weighted by Crippen LogP contribution is 2.69. The molecular formula is C32H47F3N2O6S. The Hall–Kier alpha value is -2.05. The molecule has 44 heavy (non-hydrogen) atoms. The number of aliphatic hydroxyl groups excluding tert-OH is 2. The zero-order valence-corrected chi connectivity index (χ0v) is 26.8. The predicted octanol–water partition coefficient (Wildman–Crippen LogP) is 5.84. The van der Waals surface area contributed by atoms with Crippen LogP contribution in [-0.2, 0) is 10.0 Å². The van der Waals surface area contributed by atoms with Crippen molar-refractivity contribution in [2.75, 3.05) is 6.54 Å². The molecule has 1 aromatic carbocycles. The SMILES string of the molecule is CC[C@@H]1C2C[C@H](O)CCC2(C)[C@H]2CCC3(C)[C@@H]([C@H](C)CNC(=O)NS(=O)(=O)c4ccc(OC(F)(F)F)cc4)CC[C@H]3C2[C@@H]1O. The van der Waals surface area contributed by atoms with Crippen LogP contribution in [-0.4, -0.2) is 49.8 Å². The van der Waals surface area contributed by atoms with Gasteiger partial charge in [-0.05, 0) is 121 Å². The van der Waals surface area contributed by atoms with Crippen molar-refractivity contribution in [3.63, 3.8) is 0 Å². The third-order valence-electron chi connectivity index (χ3n) is 12.3. The average molecular weight is 645 g/mol. The van der Waals surface area contributed by atoms with E-state index in [1.54, 1.807) is 0 Å². The molecule has 248 valence electrons. The first-order valence-corrected chi connectivity index (χ1v) is 17.5. The quantitative estimate of drug-likeness (QED) is 0.296. The standard InChI is InChI=1S/C32H47F3N2O6S/c1-5-22-26-16-19(38)12-14-31(26,4)25-13-15-30(3)23(10-11-24(30)27(25)28(22)39)18(2)17-36-29(40)37-44(41,42)21-8-6-20(7-9-21)43-32(33,34)35/h6-9,18-19,22-28,38-39H,5,10-17H2,1-4H3,(H2,36,37,40)/t18-,19-,22-,23-,24+,25+,26?,27?,28-,30?,31?/m1/s1. The van der Waals surface area contributed by atoms with E-state index in [1.165, 1.54) is 0 Å². The monoisotopic (exact) mass is 644 g/mol. The van der Waals surface area contributed by atoms with Gasteiger partial charge in [-0.2, -0.15) is 0 Å². The molecular weight excluding hydrogens is 597 g/mol. The number of nitrogens with one attached hydrogen (secondary N) is 2. The van der Waals surface area contributed by atoms with Crippen LogP contribution in [0.3, 0.4) is 0 Å². The summed E-state index contributed by atoms with van der Waals surface area (Å²) in [6.07, 6.45) is 1.98. The molecule has 4 aliphatic carbocycles. The van der Waals surface area contributed by atoms with E-state index in [0.717, 1.165) is 75.6 Å². The Balaban J connectivity index is 1.22. The fourth-order valence-electron chi connectivity index (χ4n) is 10.4. The number of benzene rings is 1. The van der Waals surface area contributed by atoms with Crippen LogP contribution >= 0.6 is 0 Å². The summed E-state index contributed by atoms with van der Waals surface area (Å²) in [5.41, 5.74) is 0.105. The van der Waals surface area contributed by atoms with Crippen molar-refractivity contribution in [2.24, 2.45) is 52.3 Å². The molecule has 0 spiro atoms. The highest BCUT2D eigenvalue weighted by molar-refractivity contribution is 7.90. The number of ether oxygens (including phenoxy) is 1. The van der Waals surface area contributed by atoms with Crippen LogP contribution in [0.5, 0.6) is 5.75 Å². The van der Waals surface area contributed by atoms with Gasteiger partial charge in [0.25, 0.3) is 10.0 Å². The van der Waals surface area contributed by atoms with Crippen LogP contribution in [0.4, 0.5) is 18.0 Å². The summed E-state index contributed by atoms with van der Waals surface area (Å²) >= 11 is 0. The van der Waals surface area contributed by atoms with E-state index in [2.05, 4.69) is 37.7 Å². The molecule has 4 unspecified atom stereocenters. The molecule has 0 bridgehead atoms. The lowest BCUT2D eigenvalue weighted by atomic mass is 9.41. The van der Waals surface area contributed by atoms with Gasteiger partial charge in [-0.1, -0.05) is 34.1 Å². The van der Waals surface area contributed by atoms with Gasteiger partial charge in [-0.3, -0.25) is 0 Å². The molecule has 4 N–H and O–H groups in total. The molecule has 5 rings (SSSR count). The number of aliphatic hydroxyl groups is 2. The summed E-state index contributed by atoms with van der Waals surface area (Å²) in [5, 5.41) is 25.1. The number of halogens is 3. The lowest BCUT2D eigenvalue weighted by Gasteiger charge is -2.64. The maximum absolute atomic E-state index is 12.7. The lowest BCUT2D eigenvalue weighted by molar-refractivity contribution is -0.274. The molecule has 2 amide bonds. The van der Waals surface area contributed by atoms with E-state index in [4.69, 9.17) is 0 Å². The van der Waals surface area contributed by atoms with E-state index in [-0.39, 0.29) is 52.0 Å². The molecule has 8 nitrogen and oxygen atoms in total. The number of alkyl halides is 3. The Labute approximate surface area is 258 Å². The molecule has 11 atom stereocenters. The first-order valence-electron chi connectivity index (χ1n) is 16.0. The third-order valence-corrected chi connectivity index (χ3v) is 13.7. The molecule has 12 heteroatoms. The van der Waals surface area contributed by atoms with Gasteiger partial charge < -0.3 is 20.3 Å². The van der Waals surface area contributed by atoms with Crippen LogP contribution in [0.1, 0.15) is 79.1 Å². The fourth-order valence-corrected chi connectivity index (χ4v) is 11.3. The van der Waals surface area contributed by atoms with Gasteiger partial charge in [-0.25, -0.2) is 17.9 Å². The van der Waals surface area contributed by atoms with Crippen LogP contribution in [0.2, 0.25) is 0 Å². The zero-order valence-electron chi connectivity index (χ0n) is 25.9. The minimum Gasteiger partial charge on any atom is -0.406 e. The molecule has 4 aliphatic rings. The summed E-state index contributed by atoms with van der Waals surface area (Å²) in [6, 6.07) is 2.73. The molecule has 0 saturated heterocycles. The fraction of sp³-hybridized carbons (Fsp3) is 0.781. The Morgan fingerprint density at radius 2 is 1.66 bits per heavy atom. The lowest BCUT2D eigenvalue weighted by Crippen LogP contribution is -2.62. The first kappa shape index (κ1) is 33.3. The summed E-state index contributed by atoms with van der Waals surface area (Å²) < 4.78 is 68.3. The molecule has 0 aromatic heterocycles. The van der Waals surface area contributed by atoms with Gasteiger partial charge in [0, 0.05) is 6.54 Å². The van der Waals surface area contributed by atoms with Gasteiger partial charge in [0.05, 0.1) is 17.1 Å². The van der Waals surface area contributed by atoms with Crippen LogP contribution in [0, 0.1) is 52.3 Å². The van der Waals surface area contributed by atoms with Crippen molar-refractivity contribution < 1.29 is 41.3 Å². The number of amides is 2. The van der Waals surface area contributed by atoms with Crippen molar-refractivity contribution >= 4 is 16.1 Å². The smallest absolute Gasteiger partial charge is 0.406 e. The van der Waals surface area contributed by atoms with E-state index >= 15 is 0 Å². The van der Waals surface area contributed by atoms with Gasteiger partial charge in [0.1, 0.15) is 5.75 Å². The van der Waals surface area contributed by atoms with Crippen molar-refractivity contribution in [1.82, 2.24) is 10.0 Å². The molecule has 0 radical (unpaired) electrons. The number of rotatable bonds is 7. The van der Waals surface area contributed by atoms with Crippen molar-refractivity contribution in [2.45, 2.75) is 103 Å². The summed E-state index contributed by atoms with van der Waals surface area (Å²) in [7, 11) is -4.31. The first-order chi connectivity index (χ1) is 20.5. The molecule has 4 fully saturated rings. The second-order valence-electron chi connectivity index (χ2n) is 14.4. The third kappa shape index (κ3) is 6.07. The summed E-state index contributed by atoms with van der Waals surface area (Å²) in [4.78, 5) is 12.3. The van der Waals surface area contributed by atoms with Gasteiger partial charge in [0.2, 0.25) is 0 Å². The van der Waals surface area contributed by atoms with Crippen molar-refractivity contribution in [3.8, 4) is 5.75 Å².